The van der Waals surface area contributed by atoms with Crippen molar-refractivity contribution >= 4 is 39.9 Å². The molecule has 2 aromatic rings. The second-order valence-electron chi connectivity index (χ2n) is 7.15. The molecule has 9 heteroatoms. The number of hydrogen-bond donors (Lipinski definition) is 1. The molecule has 0 bridgehead atoms. The molecule has 0 saturated heterocycles. The van der Waals surface area contributed by atoms with Gasteiger partial charge in [0.05, 0.1) is 24.4 Å². The summed E-state index contributed by atoms with van der Waals surface area (Å²) < 4.78 is 10.7. The van der Waals surface area contributed by atoms with Crippen LogP contribution < -0.4 is 15.0 Å². The normalized spacial score (nSPS) is 14.8. The van der Waals surface area contributed by atoms with Gasteiger partial charge in [-0.1, -0.05) is 6.07 Å². The summed E-state index contributed by atoms with van der Waals surface area (Å²) in [6, 6.07) is 5.51. The van der Waals surface area contributed by atoms with E-state index in [0.717, 1.165) is 5.56 Å². The maximum absolute atomic E-state index is 12.9. The van der Waals surface area contributed by atoms with Crippen molar-refractivity contribution in [1.82, 2.24) is 4.98 Å². The molecule has 0 spiro atoms. The molecule has 0 aliphatic carbocycles. The van der Waals surface area contributed by atoms with Gasteiger partial charge in [-0.15, -0.1) is 11.3 Å². The van der Waals surface area contributed by atoms with Crippen LogP contribution in [-0.4, -0.2) is 41.5 Å². The molecule has 1 aromatic carbocycles. The number of fused-ring (bicyclic) bond motifs is 1. The lowest BCUT2D eigenvalue weighted by atomic mass is 10.0. The number of benzene rings is 1. The van der Waals surface area contributed by atoms with Crippen molar-refractivity contribution in [1.29, 1.82) is 0 Å². The molecule has 1 aliphatic rings. The van der Waals surface area contributed by atoms with E-state index in [1.54, 1.807) is 32.2 Å². The first kappa shape index (κ1) is 20.8. The predicted molar refractivity (Wildman–Crippen MR) is 109 cm³/mol. The van der Waals surface area contributed by atoms with Crippen LogP contribution in [0.1, 0.15) is 32.0 Å². The smallest absolute Gasteiger partial charge is 0.311 e. The van der Waals surface area contributed by atoms with Crippen molar-refractivity contribution in [2.75, 3.05) is 23.4 Å². The molecule has 0 radical (unpaired) electrons. The number of carbonyl (C=O) groups excluding carboxylic acids is 3. The summed E-state index contributed by atoms with van der Waals surface area (Å²) >= 11 is 1.21. The first-order valence-electron chi connectivity index (χ1n) is 9.21. The van der Waals surface area contributed by atoms with Crippen LogP contribution in [-0.2, 0) is 25.5 Å². The molecule has 1 aromatic heterocycles. The number of esters is 1. The Bertz CT molecular complexity index is 953. The van der Waals surface area contributed by atoms with Crippen molar-refractivity contribution in [3.05, 3.63) is 34.8 Å². The summed E-state index contributed by atoms with van der Waals surface area (Å²) in [5, 5.41) is 4.74. The third-order valence-electron chi connectivity index (χ3n) is 4.26. The van der Waals surface area contributed by atoms with E-state index in [1.165, 1.54) is 16.2 Å². The number of aryl methyl sites for hydroxylation is 1. The Morgan fingerprint density at radius 1 is 1.34 bits per heavy atom. The van der Waals surface area contributed by atoms with Gasteiger partial charge in [0, 0.05) is 5.38 Å². The van der Waals surface area contributed by atoms with Crippen molar-refractivity contribution in [3.8, 4) is 5.75 Å². The van der Waals surface area contributed by atoms with E-state index in [1.807, 2.05) is 19.1 Å². The fourth-order valence-corrected chi connectivity index (χ4v) is 3.67. The molecule has 29 heavy (non-hydrogen) atoms. The standard InChI is InChI=1S/C20H23N3O5S/c1-5-27-17(25)9-13-11-29-19(21-13)22-16(24)10-23-14-8-12(2)6-7-15(14)28-20(3,4)18(23)26/h6-8,11H,5,9-10H2,1-4H3,(H,21,22,24). The minimum Gasteiger partial charge on any atom is -0.476 e. The Kier molecular flexibility index (Phi) is 5.88. The van der Waals surface area contributed by atoms with Crippen LogP contribution in [0.25, 0.3) is 0 Å². The fourth-order valence-electron chi connectivity index (χ4n) is 2.94. The van der Waals surface area contributed by atoms with E-state index in [0.29, 0.717) is 28.9 Å². The number of nitrogens with zero attached hydrogens (tertiary/aromatic N) is 2. The summed E-state index contributed by atoms with van der Waals surface area (Å²) in [5.74, 6) is -0.504. The summed E-state index contributed by atoms with van der Waals surface area (Å²) in [6.45, 7) is 7.12. The van der Waals surface area contributed by atoms with Crippen molar-refractivity contribution in [3.63, 3.8) is 0 Å². The second kappa shape index (κ2) is 8.20. The Morgan fingerprint density at radius 2 is 2.10 bits per heavy atom. The minimum atomic E-state index is -1.07. The van der Waals surface area contributed by atoms with E-state index in [2.05, 4.69) is 10.3 Å². The van der Waals surface area contributed by atoms with Gasteiger partial charge in [-0.25, -0.2) is 4.98 Å². The van der Waals surface area contributed by atoms with Crippen LogP contribution >= 0.6 is 11.3 Å². The molecule has 0 unspecified atom stereocenters. The van der Waals surface area contributed by atoms with Gasteiger partial charge >= 0.3 is 5.97 Å². The molecule has 0 saturated carbocycles. The lowest BCUT2D eigenvalue weighted by Crippen LogP contribution is -2.54. The third kappa shape index (κ3) is 4.73. The van der Waals surface area contributed by atoms with Crippen LogP contribution in [0.2, 0.25) is 0 Å². The second-order valence-corrected chi connectivity index (χ2v) is 8.01. The highest BCUT2D eigenvalue weighted by molar-refractivity contribution is 7.13. The fraction of sp³-hybridized carbons (Fsp3) is 0.400. The highest BCUT2D eigenvalue weighted by atomic mass is 32.1. The van der Waals surface area contributed by atoms with Gasteiger partial charge in [0.2, 0.25) is 5.91 Å². The Balaban J connectivity index is 1.72. The average Bonchev–Trinajstić information content (AvgIpc) is 3.06. The third-order valence-corrected chi connectivity index (χ3v) is 5.07. The number of amides is 2. The van der Waals surface area contributed by atoms with E-state index in [9.17, 15) is 14.4 Å². The molecule has 2 amide bonds. The molecular formula is C20H23N3O5S. The molecule has 3 rings (SSSR count). The molecule has 0 fully saturated rings. The number of hydrogen-bond acceptors (Lipinski definition) is 7. The van der Waals surface area contributed by atoms with Crippen LogP contribution in [0.15, 0.2) is 23.6 Å². The number of nitrogens with one attached hydrogen (secondary N) is 1. The van der Waals surface area contributed by atoms with Gasteiger partial charge in [-0.3, -0.25) is 19.3 Å². The summed E-state index contributed by atoms with van der Waals surface area (Å²) in [5.41, 5.74) is 0.963. The molecule has 8 nitrogen and oxygen atoms in total. The van der Waals surface area contributed by atoms with E-state index in [4.69, 9.17) is 9.47 Å². The lowest BCUT2D eigenvalue weighted by Gasteiger charge is -2.38. The number of anilines is 2. The monoisotopic (exact) mass is 417 g/mol. The SMILES string of the molecule is CCOC(=O)Cc1csc(NC(=O)CN2C(=O)C(C)(C)Oc3ccc(C)cc32)n1. The first-order chi connectivity index (χ1) is 13.7. The molecule has 1 N–H and O–H groups in total. The van der Waals surface area contributed by atoms with Crippen molar-refractivity contribution in [2.24, 2.45) is 0 Å². The largest absolute Gasteiger partial charge is 0.476 e. The number of carbonyl (C=O) groups is 3. The quantitative estimate of drug-likeness (QED) is 0.726. The zero-order valence-electron chi connectivity index (χ0n) is 16.8. The minimum absolute atomic E-state index is 0.0446. The van der Waals surface area contributed by atoms with Crippen LogP contribution in [0.5, 0.6) is 5.75 Å². The van der Waals surface area contributed by atoms with Gasteiger partial charge in [0.1, 0.15) is 12.3 Å². The van der Waals surface area contributed by atoms with Gasteiger partial charge in [0.25, 0.3) is 5.91 Å². The summed E-state index contributed by atoms with van der Waals surface area (Å²) in [7, 11) is 0. The molecule has 1 aliphatic heterocycles. The molecule has 0 atom stereocenters. The lowest BCUT2D eigenvalue weighted by molar-refractivity contribution is -0.142. The number of aromatic nitrogens is 1. The summed E-state index contributed by atoms with van der Waals surface area (Å²) in [4.78, 5) is 42.6. The van der Waals surface area contributed by atoms with Crippen LogP contribution in [0.3, 0.4) is 0 Å². The number of ether oxygens (including phenoxy) is 2. The van der Waals surface area contributed by atoms with Crippen LogP contribution in [0, 0.1) is 6.92 Å². The maximum Gasteiger partial charge on any atom is 0.311 e. The first-order valence-corrected chi connectivity index (χ1v) is 10.1. The molecule has 154 valence electrons. The highest BCUT2D eigenvalue weighted by Gasteiger charge is 2.41. The van der Waals surface area contributed by atoms with E-state index in [-0.39, 0.29) is 30.7 Å². The van der Waals surface area contributed by atoms with Gasteiger partial charge in [0.15, 0.2) is 10.7 Å². The van der Waals surface area contributed by atoms with Crippen LogP contribution in [0.4, 0.5) is 10.8 Å². The zero-order valence-corrected chi connectivity index (χ0v) is 17.6. The van der Waals surface area contributed by atoms with Gasteiger partial charge in [-0.05, 0) is 45.4 Å². The number of rotatable bonds is 6. The number of thiazole rings is 1. The Labute approximate surface area is 172 Å². The van der Waals surface area contributed by atoms with Gasteiger partial charge in [-0.2, -0.15) is 0 Å². The van der Waals surface area contributed by atoms with Crippen molar-refractivity contribution < 1.29 is 23.9 Å². The Morgan fingerprint density at radius 3 is 2.83 bits per heavy atom. The van der Waals surface area contributed by atoms with Gasteiger partial charge < -0.3 is 14.8 Å². The zero-order chi connectivity index (χ0) is 21.2. The van der Waals surface area contributed by atoms with E-state index < -0.39 is 5.60 Å². The molecule has 2 heterocycles. The molecular weight excluding hydrogens is 394 g/mol. The average molecular weight is 417 g/mol. The predicted octanol–water partition coefficient (Wildman–Crippen LogP) is 2.70. The van der Waals surface area contributed by atoms with Crippen molar-refractivity contribution in [2.45, 2.75) is 39.7 Å². The maximum atomic E-state index is 12.9. The highest BCUT2D eigenvalue weighted by Crippen LogP contribution is 2.38. The van der Waals surface area contributed by atoms with E-state index >= 15 is 0 Å². The Hall–Kier alpha value is -2.94. The topological polar surface area (TPSA) is 97.8 Å². The summed E-state index contributed by atoms with van der Waals surface area (Å²) in [6.07, 6.45) is 0.0446.